The summed E-state index contributed by atoms with van der Waals surface area (Å²) in [7, 11) is 4.68. The van der Waals surface area contributed by atoms with Crippen molar-refractivity contribution in [3.8, 4) is 28.4 Å². The van der Waals surface area contributed by atoms with Crippen LogP contribution in [0.1, 0.15) is 42.2 Å². The summed E-state index contributed by atoms with van der Waals surface area (Å²) in [4.78, 5) is 25.4. The van der Waals surface area contributed by atoms with Crippen LogP contribution in [0, 0.1) is 0 Å². The Bertz CT molecular complexity index is 1340. The number of benzene rings is 2. The van der Waals surface area contributed by atoms with Crippen molar-refractivity contribution in [1.82, 2.24) is 5.32 Å². The molecule has 1 aliphatic rings. The SMILES string of the molecule is COc1cc2c(c(OC)c1OC)-c1ccc(NC[C@H](O)c3ccccc3)c(=O)cc1[C@H](NC(C)=O)CC2. The van der Waals surface area contributed by atoms with E-state index in [0.29, 0.717) is 41.3 Å². The van der Waals surface area contributed by atoms with Crippen LogP contribution in [0.4, 0.5) is 5.69 Å². The molecule has 2 atom stereocenters. The monoisotopic (exact) mass is 504 g/mol. The number of hydrogen-bond donors (Lipinski definition) is 3. The molecule has 0 fully saturated rings. The van der Waals surface area contributed by atoms with E-state index < -0.39 is 6.10 Å². The van der Waals surface area contributed by atoms with Crippen LogP contribution in [-0.2, 0) is 11.2 Å². The minimum absolute atomic E-state index is 0.161. The lowest BCUT2D eigenvalue weighted by Gasteiger charge is -2.19. The number of aryl methyl sites for hydroxylation is 1. The number of aliphatic hydroxyl groups is 1. The topological polar surface area (TPSA) is 106 Å². The average Bonchev–Trinajstić information content (AvgIpc) is 3.15. The lowest BCUT2D eigenvalue weighted by Crippen LogP contribution is -2.26. The molecule has 3 aromatic rings. The van der Waals surface area contributed by atoms with Gasteiger partial charge in [0.15, 0.2) is 11.5 Å². The Morgan fingerprint density at radius 2 is 1.76 bits per heavy atom. The van der Waals surface area contributed by atoms with Crippen molar-refractivity contribution in [2.45, 2.75) is 31.9 Å². The third-order valence-corrected chi connectivity index (χ3v) is 6.59. The summed E-state index contributed by atoms with van der Waals surface area (Å²) in [6.07, 6.45) is 0.420. The predicted molar refractivity (Wildman–Crippen MR) is 143 cm³/mol. The lowest BCUT2D eigenvalue weighted by atomic mass is 9.95. The molecular formula is C29H32N2O6. The molecule has 0 aliphatic heterocycles. The highest BCUT2D eigenvalue weighted by atomic mass is 16.5. The number of rotatable bonds is 8. The van der Waals surface area contributed by atoms with Gasteiger partial charge in [-0.1, -0.05) is 36.4 Å². The minimum Gasteiger partial charge on any atom is -0.493 e. The van der Waals surface area contributed by atoms with Gasteiger partial charge in [0.2, 0.25) is 17.1 Å². The van der Waals surface area contributed by atoms with E-state index in [4.69, 9.17) is 14.2 Å². The van der Waals surface area contributed by atoms with Crippen molar-refractivity contribution < 1.29 is 24.1 Å². The van der Waals surface area contributed by atoms with Crippen LogP contribution in [0.15, 0.2) is 59.4 Å². The first kappa shape index (κ1) is 26.0. The highest BCUT2D eigenvalue weighted by molar-refractivity contribution is 5.83. The lowest BCUT2D eigenvalue weighted by molar-refractivity contribution is -0.119. The zero-order valence-corrected chi connectivity index (χ0v) is 21.5. The molecule has 0 spiro atoms. The highest BCUT2D eigenvalue weighted by Crippen LogP contribution is 2.50. The van der Waals surface area contributed by atoms with Crippen LogP contribution in [0.5, 0.6) is 17.2 Å². The number of ether oxygens (including phenoxy) is 3. The second kappa shape index (κ2) is 11.3. The number of carbonyl (C=O) groups excluding carboxylic acids is 1. The first-order valence-corrected chi connectivity index (χ1v) is 12.1. The number of hydrogen-bond acceptors (Lipinski definition) is 7. The summed E-state index contributed by atoms with van der Waals surface area (Å²) >= 11 is 0. The molecule has 0 unspecified atom stereocenters. The fourth-order valence-electron chi connectivity index (χ4n) is 4.85. The van der Waals surface area contributed by atoms with Crippen molar-refractivity contribution in [3.63, 3.8) is 0 Å². The van der Waals surface area contributed by atoms with E-state index >= 15 is 0 Å². The molecule has 0 heterocycles. The molecule has 1 amide bonds. The third-order valence-electron chi connectivity index (χ3n) is 6.59. The first-order chi connectivity index (χ1) is 17.9. The van der Waals surface area contributed by atoms with Crippen molar-refractivity contribution in [1.29, 1.82) is 0 Å². The Balaban J connectivity index is 1.85. The van der Waals surface area contributed by atoms with Crippen molar-refractivity contribution >= 4 is 11.6 Å². The zero-order chi connectivity index (χ0) is 26.5. The van der Waals surface area contributed by atoms with Gasteiger partial charge in [-0.25, -0.2) is 0 Å². The normalized spacial score (nSPS) is 14.9. The molecule has 0 radical (unpaired) electrons. The molecule has 3 aromatic carbocycles. The van der Waals surface area contributed by atoms with E-state index in [0.717, 1.165) is 22.3 Å². The highest BCUT2D eigenvalue weighted by Gasteiger charge is 2.29. The summed E-state index contributed by atoms with van der Waals surface area (Å²) < 4.78 is 17.0. The van der Waals surface area contributed by atoms with Gasteiger partial charge in [-0.3, -0.25) is 9.59 Å². The average molecular weight is 505 g/mol. The van der Waals surface area contributed by atoms with Gasteiger partial charge in [0, 0.05) is 19.0 Å². The van der Waals surface area contributed by atoms with E-state index in [-0.39, 0.29) is 23.9 Å². The number of aliphatic hydroxyl groups excluding tert-OH is 1. The molecule has 4 rings (SSSR count). The van der Waals surface area contributed by atoms with E-state index in [1.165, 1.54) is 6.92 Å². The van der Waals surface area contributed by atoms with E-state index in [1.54, 1.807) is 33.5 Å². The predicted octanol–water partition coefficient (Wildman–Crippen LogP) is 4.01. The first-order valence-electron chi connectivity index (χ1n) is 12.1. The van der Waals surface area contributed by atoms with E-state index in [9.17, 15) is 14.7 Å². The van der Waals surface area contributed by atoms with Gasteiger partial charge in [0.05, 0.1) is 39.2 Å². The molecule has 0 bridgehead atoms. The van der Waals surface area contributed by atoms with E-state index in [1.807, 2.05) is 42.5 Å². The van der Waals surface area contributed by atoms with Gasteiger partial charge >= 0.3 is 0 Å². The van der Waals surface area contributed by atoms with Gasteiger partial charge in [-0.2, -0.15) is 0 Å². The molecule has 194 valence electrons. The minimum atomic E-state index is -0.784. The van der Waals surface area contributed by atoms with E-state index in [2.05, 4.69) is 10.6 Å². The maximum atomic E-state index is 13.3. The zero-order valence-electron chi connectivity index (χ0n) is 21.5. The van der Waals surface area contributed by atoms with Crippen LogP contribution in [0.3, 0.4) is 0 Å². The number of fused-ring (bicyclic) bond motifs is 3. The van der Waals surface area contributed by atoms with Crippen LogP contribution >= 0.6 is 0 Å². The van der Waals surface area contributed by atoms with Crippen LogP contribution in [0.25, 0.3) is 11.1 Å². The smallest absolute Gasteiger partial charge is 0.217 e. The summed E-state index contributed by atoms with van der Waals surface area (Å²) in [5.74, 6) is 1.30. The van der Waals surface area contributed by atoms with Crippen LogP contribution in [-0.4, -0.2) is 38.9 Å². The van der Waals surface area contributed by atoms with Crippen LogP contribution in [0.2, 0.25) is 0 Å². The second-order valence-electron chi connectivity index (χ2n) is 8.90. The Morgan fingerprint density at radius 1 is 1.03 bits per heavy atom. The third kappa shape index (κ3) is 5.39. The fourth-order valence-corrected chi connectivity index (χ4v) is 4.85. The number of nitrogens with one attached hydrogen (secondary N) is 2. The van der Waals surface area contributed by atoms with Gasteiger partial charge in [0.25, 0.3) is 0 Å². The molecule has 37 heavy (non-hydrogen) atoms. The summed E-state index contributed by atoms with van der Waals surface area (Å²) in [6, 6.07) is 15.9. The molecule has 8 nitrogen and oxygen atoms in total. The van der Waals surface area contributed by atoms with Crippen LogP contribution < -0.4 is 30.3 Å². The molecule has 0 saturated carbocycles. The molecule has 3 N–H and O–H groups in total. The quantitative estimate of drug-likeness (QED) is 0.426. The van der Waals surface area contributed by atoms with Crippen molar-refractivity contribution in [2.24, 2.45) is 0 Å². The molecular weight excluding hydrogens is 472 g/mol. The maximum Gasteiger partial charge on any atom is 0.217 e. The number of methoxy groups -OCH3 is 3. The Labute approximate surface area is 216 Å². The van der Waals surface area contributed by atoms with Gasteiger partial charge in [-0.15, -0.1) is 0 Å². The van der Waals surface area contributed by atoms with Crippen molar-refractivity contribution in [2.75, 3.05) is 33.2 Å². The standard InChI is InChI=1S/C29H32N2O6/c1-17(32)31-22-12-10-19-14-26(35-2)28(36-3)29(37-4)27(19)20-11-13-23(24(33)15-21(20)22)30-16-25(34)18-8-6-5-7-9-18/h5-9,11,13-15,22,25,34H,10,12,16H2,1-4H3,(H,30,33)(H,31,32)/t22-,25+/m1/s1. The Morgan fingerprint density at radius 3 is 2.41 bits per heavy atom. The summed E-state index contributed by atoms with van der Waals surface area (Å²) in [6.45, 7) is 1.62. The Hall–Kier alpha value is -4.04. The number of anilines is 1. The number of carbonyl (C=O) groups is 1. The molecule has 1 aliphatic carbocycles. The maximum absolute atomic E-state index is 13.3. The van der Waals surface area contributed by atoms with Crippen molar-refractivity contribution in [3.05, 3.63) is 81.5 Å². The summed E-state index contributed by atoms with van der Waals surface area (Å²) in [5.41, 5.74) is 4.01. The number of amides is 1. The molecule has 8 heteroatoms. The molecule has 0 saturated heterocycles. The Kier molecular flexibility index (Phi) is 7.98. The van der Waals surface area contributed by atoms with Gasteiger partial charge in [-0.05, 0) is 53.3 Å². The second-order valence-corrected chi connectivity index (χ2v) is 8.90. The summed E-state index contributed by atoms with van der Waals surface area (Å²) in [5, 5.41) is 16.7. The largest absolute Gasteiger partial charge is 0.493 e. The van der Waals surface area contributed by atoms with Gasteiger partial charge in [0.1, 0.15) is 0 Å². The van der Waals surface area contributed by atoms with Gasteiger partial charge < -0.3 is 30.0 Å². The fraction of sp³-hybridized carbons (Fsp3) is 0.310. The molecule has 0 aromatic heterocycles.